The molecular formula is C16H24N2O. The predicted octanol–water partition coefficient (Wildman–Crippen LogP) is 2.22. The molecule has 3 nitrogen and oxygen atoms in total. The maximum Gasteiger partial charge on any atom is 0.122 e. The van der Waals surface area contributed by atoms with Gasteiger partial charge in [-0.2, -0.15) is 0 Å². The van der Waals surface area contributed by atoms with Crippen LogP contribution in [0.3, 0.4) is 0 Å². The van der Waals surface area contributed by atoms with Gasteiger partial charge in [0.2, 0.25) is 0 Å². The molecule has 2 atom stereocenters. The zero-order valence-electron chi connectivity index (χ0n) is 12.0. The second-order valence-corrected chi connectivity index (χ2v) is 5.77. The summed E-state index contributed by atoms with van der Waals surface area (Å²) in [5.74, 6) is 1.81. The Morgan fingerprint density at radius 3 is 2.79 bits per heavy atom. The molecule has 0 amide bonds. The van der Waals surface area contributed by atoms with Gasteiger partial charge in [0.1, 0.15) is 5.75 Å². The van der Waals surface area contributed by atoms with Gasteiger partial charge in [0, 0.05) is 32.2 Å². The third-order valence-corrected chi connectivity index (χ3v) is 4.64. The van der Waals surface area contributed by atoms with Crippen LogP contribution in [0.15, 0.2) is 18.2 Å². The summed E-state index contributed by atoms with van der Waals surface area (Å²) < 4.78 is 5.55. The molecule has 0 spiro atoms. The molecule has 0 saturated carbocycles. The summed E-state index contributed by atoms with van der Waals surface area (Å²) in [6.45, 7) is 6.94. The molecule has 1 aliphatic carbocycles. The molecule has 2 aliphatic rings. The summed E-state index contributed by atoms with van der Waals surface area (Å²) in [5.41, 5.74) is 2.94. The highest BCUT2D eigenvalue weighted by molar-refractivity contribution is 5.43. The quantitative estimate of drug-likeness (QED) is 0.882. The summed E-state index contributed by atoms with van der Waals surface area (Å²) in [5, 5.41) is 3.45. The van der Waals surface area contributed by atoms with E-state index in [1.54, 1.807) is 7.11 Å². The molecule has 1 aliphatic heterocycles. The van der Waals surface area contributed by atoms with Gasteiger partial charge in [-0.25, -0.2) is 0 Å². The highest BCUT2D eigenvalue weighted by Gasteiger charge is 2.33. The molecule has 1 aromatic carbocycles. The number of hydrogen-bond donors (Lipinski definition) is 1. The van der Waals surface area contributed by atoms with Gasteiger partial charge < -0.3 is 10.1 Å². The number of rotatable bonds is 2. The van der Waals surface area contributed by atoms with Crippen molar-refractivity contribution in [3.05, 3.63) is 29.3 Å². The van der Waals surface area contributed by atoms with E-state index < -0.39 is 0 Å². The molecule has 3 heteroatoms. The predicted molar refractivity (Wildman–Crippen MR) is 77.7 cm³/mol. The normalized spacial score (nSPS) is 27.9. The number of ether oxygens (including phenoxy) is 1. The molecule has 104 valence electrons. The van der Waals surface area contributed by atoms with Gasteiger partial charge in [0.05, 0.1) is 7.11 Å². The smallest absolute Gasteiger partial charge is 0.122 e. The van der Waals surface area contributed by atoms with E-state index in [2.05, 4.69) is 35.3 Å². The molecule has 1 fully saturated rings. The Kier molecular flexibility index (Phi) is 3.76. The summed E-state index contributed by atoms with van der Waals surface area (Å²) in [7, 11) is 1.79. The van der Waals surface area contributed by atoms with Gasteiger partial charge in [-0.15, -0.1) is 0 Å². The molecule has 2 unspecified atom stereocenters. The van der Waals surface area contributed by atoms with Crippen molar-refractivity contribution in [1.29, 1.82) is 0 Å². The Labute approximate surface area is 115 Å². The van der Waals surface area contributed by atoms with E-state index in [1.165, 1.54) is 17.5 Å². The highest BCUT2D eigenvalue weighted by atomic mass is 16.5. The number of hydrogen-bond acceptors (Lipinski definition) is 3. The second-order valence-electron chi connectivity index (χ2n) is 5.77. The van der Waals surface area contributed by atoms with Crippen molar-refractivity contribution < 1.29 is 4.74 Å². The summed E-state index contributed by atoms with van der Waals surface area (Å²) in [4.78, 5) is 2.65. The van der Waals surface area contributed by atoms with E-state index in [-0.39, 0.29) is 0 Å². The van der Waals surface area contributed by atoms with Crippen LogP contribution < -0.4 is 10.1 Å². The molecule has 1 N–H and O–H groups in total. The summed E-state index contributed by atoms with van der Waals surface area (Å²) in [6.07, 6.45) is 2.42. The van der Waals surface area contributed by atoms with Crippen molar-refractivity contribution >= 4 is 0 Å². The van der Waals surface area contributed by atoms with Crippen LogP contribution >= 0.6 is 0 Å². The van der Waals surface area contributed by atoms with E-state index in [1.807, 2.05) is 0 Å². The second kappa shape index (κ2) is 5.51. The summed E-state index contributed by atoms with van der Waals surface area (Å²) in [6, 6.07) is 7.12. The van der Waals surface area contributed by atoms with Crippen LogP contribution in [0.5, 0.6) is 5.75 Å². The monoisotopic (exact) mass is 260 g/mol. The van der Waals surface area contributed by atoms with E-state index in [0.717, 1.165) is 44.3 Å². The van der Waals surface area contributed by atoms with E-state index in [0.29, 0.717) is 6.04 Å². The van der Waals surface area contributed by atoms with Gasteiger partial charge >= 0.3 is 0 Å². The van der Waals surface area contributed by atoms with Gasteiger partial charge in [0.15, 0.2) is 0 Å². The third-order valence-electron chi connectivity index (χ3n) is 4.64. The summed E-state index contributed by atoms with van der Waals surface area (Å²) >= 11 is 0. The lowest BCUT2D eigenvalue weighted by Gasteiger charge is -2.42. The average molecular weight is 260 g/mol. The Balaban J connectivity index is 1.96. The Morgan fingerprint density at radius 2 is 2.05 bits per heavy atom. The molecule has 0 radical (unpaired) electrons. The van der Waals surface area contributed by atoms with Crippen molar-refractivity contribution in [2.45, 2.75) is 25.8 Å². The van der Waals surface area contributed by atoms with Crippen molar-refractivity contribution in [2.75, 3.05) is 33.3 Å². The van der Waals surface area contributed by atoms with Crippen LogP contribution in [0.2, 0.25) is 0 Å². The Morgan fingerprint density at radius 1 is 1.26 bits per heavy atom. The minimum Gasteiger partial charge on any atom is -0.496 e. The number of piperazine rings is 1. The third kappa shape index (κ3) is 2.37. The lowest BCUT2D eigenvalue weighted by atomic mass is 9.79. The first-order valence-corrected chi connectivity index (χ1v) is 7.42. The topological polar surface area (TPSA) is 24.5 Å². The number of methoxy groups -OCH3 is 1. The van der Waals surface area contributed by atoms with Crippen LogP contribution in [-0.4, -0.2) is 38.2 Å². The minimum absolute atomic E-state index is 0.570. The maximum atomic E-state index is 5.55. The van der Waals surface area contributed by atoms with E-state index >= 15 is 0 Å². The fourth-order valence-corrected chi connectivity index (χ4v) is 3.67. The first-order valence-electron chi connectivity index (χ1n) is 7.42. The zero-order chi connectivity index (χ0) is 13.2. The van der Waals surface area contributed by atoms with E-state index in [9.17, 15) is 0 Å². The first-order chi connectivity index (χ1) is 9.31. The van der Waals surface area contributed by atoms with Crippen LogP contribution in [0, 0.1) is 5.92 Å². The van der Waals surface area contributed by atoms with Crippen molar-refractivity contribution in [3.63, 3.8) is 0 Å². The van der Waals surface area contributed by atoms with Crippen LogP contribution in [0.1, 0.15) is 30.5 Å². The molecule has 1 heterocycles. The van der Waals surface area contributed by atoms with Gasteiger partial charge in [-0.3, -0.25) is 4.90 Å². The molecule has 0 bridgehead atoms. The average Bonchev–Trinajstić information content (AvgIpc) is 2.47. The molecule has 1 saturated heterocycles. The van der Waals surface area contributed by atoms with Crippen LogP contribution in [0.25, 0.3) is 0 Å². The number of nitrogens with one attached hydrogen (secondary N) is 1. The molecular weight excluding hydrogens is 236 g/mol. The molecule has 1 aromatic rings. The largest absolute Gasteiger partial charge is 0.496 e. The number of benzene rings is 1. The fraction of sp³-hybridized carbons (Fsp3) is 0.625. The molecule has 0 aromatic heterocycles. The van der Waals surface area contributed by atoms with Crippen LogP contribution in [-0.2, 0) is 6.42 Å². The fourth-order valence-electron chi connectivity index (χ4n) is 3.67. The lowest BCUT2D eigenvalue weighted by Crippen LogP contribution is -2.47. The van der Waals surface area contributed by atoms with Crippen LogP contribution in [0.4, 0.5) is 0 Å². The zero-order valence-corrected chi connectivity index (χ0v) is 12.0. The number of nitrogens with zero attached hydrogens (tertiary/aromatic N) is 1. The van der Waals surface area contributed by atoms with Crippen molar-refractivity contribution in [2.24, 2.45) is 5.92 Å². The van der Waals surface area contributed by atoms with Gasteiger partial charge in [-0.1, -0.05) is 19.1 Å². The van der Waals surface area contributed by atoms with Crippen molar-refractivity contribution in [1.82, 2.24) is 10.2 Å². The highest BCUT2D eigenvalue weighted by Crippen LogP contribution is 2.41. The van der Waals surface area contributed by atoms with E-state index in [4.69, 9.17) is 4.74 Å². The van der Waals surface area contributed by atoms with Crippen molar-refractivity contribution in [3.8, 4) is 5.75 Å². The van der Waals surface area contributed by atoms with Gasteiger partial charge in [-0.05, 0) is 36.0 Å². The molecule has 19 heavy (non-hydrogen) atoms. The number of fused-ring (bicyclic) bond motifs is 1. The SMILES string of the molecule is COc1cccc2c1CCC(C)C2N1CCNCC1. The standard InChI is InChI=1S/C16H24N2O/c1-12-6-7-13-14(4-3-5-15(13)19-2)16(12)18-10-8-17-9-11-18/h3-5,12,16-17H,6-11H2,1-2H3. The molecule has 3 rings (SSSR count). The Hall–Kier alpha value is -1.06. The minimum atomic E-state index is 0.570. The van der Waals surface area contributed by atoms with Gasteiger partial charge in [0.25, 0.3) is 0 Å². The maximum absolute atomic E-state index is 5.55. The Bertz CT molecular complexity index is 440. The lowest BCUT2D eigenvalue weighted by molar-refractivity contribution is 0.119. The first kappa shape index (κ1) is 12.9.